The van der Waals surface area contributed by atoms with Crippen molar-refractivity contribution in [3.05, 3.63) is 107 Å². The normalized spacial score (nSPS) is 11.2. The lowest BCUT2D eigenvalue weighted by atomic mass is 10.1. The van der Waals surface area contributed by atoms with E-state index >= 15 is 0 Å². The van der Waals surface area contributed by atoms with E-state index in [0.29, 0.717) is 29.8 Å². The molecular weight excluding hydrogens is 518 g/mol. The minimum Gasteiger partial charge on any atom is -0.497 e. The van der Waals surface area contributed by atoms with Crippen LogP contribution in [0.3, 0.4) is 0 Å². The lowest BCUT2D eigenvalue weighted by Crippen LogP contribution is -2.27. The monoisotopic (exact) mass is 541 g/mol. The summed E-state index contributed by atoms with van der Waals surface area (Å²) < 4.78 is 59.6. The van der Waals surface area contributed by atoms with Crippen LogP contribution in [-0.2, 0) is 30.5 Å². The maximum Gasteiger partial charge on any atom is 0.416 e. The van der Waals surface area contributed by atoms with Crippen LogP contribution in [0.2, 0.25) is 0 Å². The third-order valence-electron chi connectivity index (χ3n) is 5.66. The van der Waals surface area contributed by atoms with Crippen molar-refractivity contribution in [1.82, 2.24) is 19.9 Å². The molecule has 2 aromatic heterocycles. The fraction of sp³-hybridized carbons (Fsp3) is 0.185. The number of halogens is 4. The van der Waals surface area contributed by atoms with Crippen LogP contribution in [0.1, 0.15) is 32.9 Å². The molecule has 0 unspecified atom stereocenters. The Balaban J connectivity index is 1.51. The maximum atomic E-state index is 13.8. The van der Waals surface area contributed by atoms with Gasteiger partial charge >= 0.3 is 6.18 Å². The molecule has 0 radical (unpaired) electrons. The quantitative estimate of drug-likeness (QED) is 0.302. The average Bonchev–Trinajstić information content (AvgIpc) is 3.27. The van der Waals surface area contributed by atoms with Crippen molar-refractivity contribution >= 4 is 17.6 Å². The second kappa shape index (κ2) is 11.8. The molecule has 2 amide bonds. The van der Waals surface area contributed by atoms with E-state index in [1.54, 1.807) is 43.8 Å². The molecule has 0 aliphatic rings. The van der Waals surface area contributed by atoms with Crippen molar-refractivity contribution in [3.8, 4) is 5.75 Å². The smallest absolute Gasteiger partial charge is 0.416 e. The van der Waals surface area contributed by atoms with Crippen molar-refractivity contribution in [1.29, 1.82) is 0 Å². The van der Waals surface area contributed by atoms with Crippen LogP contribution < -0.4 is 15.4 Å². The van der Waals surface area contributed by atoms with Crippen LogP contribution in [0.15, 0.2) is 73.2 Å². The molecule has 0 aliphatic heterocycles. The van der Waals surface area contributed by atoms with E-state index in [2.05, 4.69) is 20.6 Å². The van der Waals surface area contributed by atoms with Gasteiger partial charge in [0.25, 0.3) is 5.91 Å². The summed E-state index contributed by atoms with van der Waals surface area (Å²) in [4.78, 5) is 33.7. The molecule has 12 heteroatoms. The van der Waals surface area contributed by atoms with Gasteiger partial charge in [-0.05, 0) is 53.6 Å². The van der Waals surface area contributed by atoms with E-state index in [4.69, 9.17) is 4.74 Å². The molecule has 4 rings (SSSR count). The number of anilines is 1. The van der Waals surface area contributed by atoms with Crippen molar-refractivity contribution in [2.75, 3.05) is 12.4 Å². The summed E-state index contributed by atoms with van der Waals surface area (Å²) in [6.45, 7) is 0.125. The van der Waals surface area contributed by atoms with E-state index in [0.717, 1.165) is 11.1 Å². The topological polar surface area (TPSA) is 98.1 Å². The van der Waals surface area contributed by atoms with E-state index < -0.39 is 29.0 Å². The molecule has 2 heterocycles. The van der Waals surface area contributed by atoms with Crippen LogP contribution in [0.25, 0.3) is 0 Å². The van der Waals surface area contributed by atoms with Crippen LogP contribution in [-0.4, -0.2) is 33.5 Å². The first-order valence-electron chi connectivity index (χ1n) is 11.6. The van der Waals surface area contributed by atoms with Crippen LogP contribution >= 0.6 is 0 Å². The first kappa shape index (κ1) is 27.3. The van der Waals surface area contributed by atoms with E-state index in [-0.39, 0.29) is 31.2 Å². The largest absolute Gasteiger partial charge is 0.497 e. The number of nitrogens with one attached hydrogen (secondary N) is 2. The van der Waals surface area contributed by atoms with Crippen LogP contribution in [0, 0.1) is 5.82 Å². The number of ether oxygens (including phenoxy) is 1. The Morgan fingerprint density at radius 2 is 1.72 bits per heavy atom. The zero-order chi connectivity index (χ0) is 28.0. The molecule has 0 saturated heterocycles. The SMILES string of the molecule is COc1ccc(CNC(=O)Cn2cc(NC(=O)c3cc(F)cc(C(F)(F)F)c3)nc2Cc2ccncc2)cc1. The van der Waals surface area contributed by atoms with Gasteiger partial charge in [-0.25, -0.2) is 9.37 Å². The number of nitrogens with zero attached hydrogens (tertiary/aromatic N) is 3. The van der Waals surface area contributed by atoms with Gasteiger partial charge in [0.1, 0.15) is 23.9 Å². The molecule has 2 aromatic carbocycles. The number of benzene rings is 2. The molecule has 0 spiro atoms. The summed E-state index contributed by atoms with van der Waals surface area (Å²) in [5, 5.41) is 5.20. The van der Waals surface area contributed by atoms with Crippen molar-refractivity contribution in [3.63, 3.8) is 0 Å². The van der Waals surface area contributed by atoms with Crippen LogP contribution in [0.5, 0.6) is 5.75 Å². The van der Waals surface area contributed by atoms with Gasteiger partial charge in [-0.15, -0.1) is 0 Å². The lowest BCUT2D eigenvalue weighted by Gasteiger charge is -2.09. The van der Waals surface area contributed by atoms with E-state index in [1.165, 1.54) is 10.8 Å². The predicted molar refractivity (Wildman–Crippen MR) is 133 cm³/mol. The van der Waals surface area contributed by atoms with Gasteiger partial charge in [0.05, 0.1) is 12.7 Å². The van der Waals surface area contributed by atoms with Gasteiger partial charge in [-0.3, -0.25) is 14.6 Å². The fourth-order valence-corrected chi connectivity index (χ4v) is 3.70. The highest BCUT2D eigenvalue weighted by Crippen LogP contribution is 2.30. The fourth-order valence-electron chi connectivity index (χ4n) is 3.70. The minimum absolute atomic E-state index is 0.00942. The van der Waals surface area contributed by atoms with Gasteiger partial charge in [0.2, 0.25) is 5.91 Å². The standard InChI is InChI=1S/C27H23F4N5O3/c1-39-22-4-2-18(3-5-22)14-33-25(37)16-36-15-23(34-24(36)10-17-6-8-32-9-7-17)35-26(38)19-11-20(27(29,30)31)13-21(28)12-19/h2-9,11-13,15H,10,14,16H2,1H3,(H,33,37)(H,35,38). The summed E-state index contributed by atoms with van der Waals surface area (Å²) in [5.41, 5.74) is -0.128. The van der Waals surface area contributed by atoms with Gasteiger partial charge in [0, 0.05) is 37.1 Å². The zero-order valence-corrected chi connectivity index (χ0v) is 20.6. The molecule has 0 saturated carbocycles. The second-order valence-electron chi connectivity index (χ2n) is 8.51. The second-order valence-corrected chi connectivity index (χ2v) is 8.51. The predicted octanol–water partition coefficient (Wildman–Crippen LogP) is 4.60. The Hall–Kier alpha value is -4.74. The zero-order valence-electron chi connectivity index (χ0n) is 20.6. The summed E-state index contributed by atoms with van der Waals surface area (Å²) in [5.74, 6) is -1.43. The summed E-state index contributed by atoms with van der Waals surface area (Å²) in [6.07, 6.45) is 0.0351. The van der Waals surface area contributed by atoms with E-state index in [9.17, 15) is 27.2 Å². The number of hydrogen-bond acceptors (Lipinski definition) is 5. The molecule has 4 aromatic rings. The Morgan fingerprint density at radius 3 is 2.38 bits per heavy atom. The van der Waals surface area contributed by atoms with Crippen molar-refractivity contribution in [2.24, 2.45) is 0 Å². The molecule has 0 bridgehead atoms. The Morgan fingerprint density at radius 1 is 1.00 bits per heavy atom. The first-order chi connectivity index (χ1) is 18.6. The Kier molecular flexibility index (Phi) is 8.23. The van der Waals surface area contributed by atoms with Gasteiger partial charge in [-0.2, -0.15) is 13.2 Å². The van der Waals surface area contributed by atoms with Gasteiger partial charge < -0.3 is 19.9 Å². The average molecular weight is 542 g/mol. The van der Waals surface area contributed by atoms with Crippen molar-refractivity contribution in [2.45, 2.75) is 25.7 Å². The molecule has 0 fully saturated rings. The third kappa shape index (κ3) is 7.40. The summed E-state index contributed by atoms with van der Waals surface area (Å²) in [6, 6.07) is 12.3. The Bertz CT molecular complexity index is 1450. The summed E-state index contributed by atoms with van der Waals surface area (Å²) >= 11 is 0. The molecule has 0 aliphatic carbocycles. The highest BCUT2D eigenvalue weighted by Gasteiger charge is 2.32. The number of aromatic nitrogens is 3. The number of pyridine rings is 1. The molecule has 39 heavy (non-hydrogen) atoms. The molecular formula is C27H23F4N5O3. The van der Waals surface area contributed by atoms with Crippen LogP contribution in [0.4, 0.5) is 23.4 Å². The highest BCUT2D eigenvalue weighted by atomic mass is 19.4. The highest BCUT2D eigenvalue weighted by molar-refractivity contribution is 6.03. The summed E-state index contributed by atoms with van der Waals surface area (Å²) in [7, 11) is 1.56. The first-order valence-corrected chi connectivity index (χ1v) is 11.6. The van der Waals surface area contributed by atoms with Crippen molar-refractivity contribution < 1.29 is 31.9 Å². The number of carbonyl (C=O) groups excluding carboxylic acids is 2. The number of amides is 2. The number of hydrogen-bond donors (Lipinski definition) is 2. The Labute approximate surface area is 220 Å². The lowest BCUT2D eigenvalue weighted by molar-refractivity contribution is -0.137. The molecule has 0 atom stereocenters. The number of alkyl halides is 3. The van der Waals surface area contributed by atoms with E-state index in [1.807, 2.05) is 12.1 Å². The third-order valence-corrected chi connectivity index (χ3v) is 5.66. The molecule has 2 N–H and O–H groups in total. The number of carbonyl (C=O) groups is 2. The van der Waals surface area contributed by atoms with Gasteiger partial charge in [0.15, 0.2) is 5.82 Å². The number of methoxy groups -OCH3 is 1. The number of rotatable bonds is 9. The number of imidazole rings is 1. The van der Waals surface area contributed by atoms with Gasteiger partial charge in [-0.1, -0.05) is 12.1 Å². The molecule has 202 valence electrons. The maximum absolute atomic E-state index is 13.8. The molecule has 8 nitrogen and oxygen atoms in total. The minimum atomic E-state index is -4.82.